The van der Waals surface area contributed by atoms with Gasteiger partial charge in [0, 0.05) is 23.1 Å². The Morgan fingerprint density at radius 1 is 1.35 bits per heavy atom. The van der Waals surface area contributed by atoms with Crippen molar-refractivity contribution in [2.75, 3.05) is 6.54 Å². The van der Waals surface area contributed by atoms with Crippen LogP contribution in [0.15, 0.2) is 47.9 Å². The standard InChI is InChI=1S/C15H14FNO2S/c16-13-6-2-1-5-12(13)14(18)10-17-15(19)8-7-11-4-3-9-20-11/h1-9,14,18H,10H2,(H,17,19)/b8-7+. The molecule has 3 nitrogen and oxygen atoms in total. The Balaban J connectivity index is 1.86. The summed E-state index contributed by atoms with van der Waals surface area (Å²) in [4.78, 5) is 12.5. The molecule has 2 aromatic rings. The van der Waals surface area contributed by atoms with E-state index in [2.05, 4.69) is 5.32 Å². The van der Waals surface area contributed by atoms with Gasteiger partial charge >= 0.3 is 0 Å². The van der Waals surface area contributed by atoms with E-state index < -0.39 is 11.9 Å². The SMILES string of the molecule is O=C(/C=C/c1cccs1)NCC(O)c1ccccc1F. The van der Waals surface area contributed by atoms with Crippen LogP contribution in [0.4, 0.5) is 4.39 Å². The van der Waals surface area contributed by atoms with Gasteiger partial charge in [-0.25, -0.2) is 4.39 Å². The number of amides is 1. The monoisotopic (exact) mass is 291 g/mol. The topological polar surface area (TPSA) is 49.3 Å². The molecule has 1 unspecified atom stereocenters. The minimum atomic E-state index is -1.06. The maximum absolute atomic E-state index is 13.4. The van der Waals surface area contributed by atoms with Crippen LogP contribution in [0.1, 0.15) is 16.5 Å². The van der Waals surface area contributed by atoms with Gasteiger partial charge in [-0.1, -0.05) is 24.3 Å². The van der Waals surface area contributed by atoms with Crippen LogP contribution in [0.3, 0.4) is 0 Å². The van der Waals surface area contributed by atoms with Gasteiger partial charge in [-0.15, -0.1) is 11.3 Å². The number of thiophene rings is 1. The first kappa shape index (κ1) is 14.4. The van der Waals surface area contributed by atoms with Crippen molar-refractivity contribution in [1.82, 2.24) is 5.32 Å². The Bertz CT molecular complexity index is 596. The van der Waals surface area contributed by atoms with Gasteiger partial charge in [0.2, 0.25) is 5.91 Å². The number of aliphatic hydroxyl groups excluding tert-OH is 1. The molecule has 2 N–H and O–H groups in total. The number of carbonyl (C=O) groups excluding carboxylic acids is 1. The average molecular weight is 291 g/mol. The van der Waals surface area contributed by atoms with Crippen LogP contribution in [0.25, 0.3) is 6.08 Å². The third kappa shape index (κ3) is 4.01. The number of hydrogen-bond acceptors (Lipinski definition) is 3. The molecule has 0 saturated carbocycles. The Hall–Kier alpha value is -1.98. The summed E-state index contributed by atoms with van der Waals surface area (Å²) in [7, 11) is 0. The molecule has 0 radical (unpaired) electrons. The summed E-state index contributed by atoms with van der Waals surface area (Å²) in [6.07, 6.45) is 2.02. The largest absolute Gasteiger partial charge is 0.386 e. The van der Waals surface area contributed by atoms with Gasteiger partial charge in [0.05, 0.1) is 6.10 Å². The molecule has 20 heavy (non-hydrogen) atoms. The van der Waals surface area contributed by atoms with Crippen LogP contribution >= 0.6 is 11.3 Å². The van der Waals surface area contributed by atoms with Crippen molar-refractivity contribution in [2.45, 2.75) is 6.10 Å². The smallest absolute Gasteiger partial charge is 0.244 e. The van der Waals surface area contributed by atoms with Crippen molar-refractivity contribution < 1.29 is 14.3 Å². The molecule has 1 amide bonds. The quantitative estimate of drug-likeness (QED) is 0.832. The van der Waals surface area contributed by atoms with Gasteiger partial charge in [-0.05, 0) is 23.6 Å². The molecule has 0 spiro atoms. The van der Waals surface area contributed by atoms with E-state index in [1.54, 1.807) is 18.2 Å². The summed E-state index contributed by atoms with van der Waals surface area (Å²) >= 11 is 1.52. The fourth-order valence-corrected chi connectivity index (χ4v) is 2.27. The first-order valence-electron chi connectivity index (χ1n) is 6.08. The van der Waals surface area contributed by atoms with Crippen molar-refractivity contribution in [1.29, 1.82) is 0 Å². The van der Waals surface area contributed by atoms with Crippen molar-refractivity contribution in [3.8, 4) is 0 Å². The first-order valence-corrected chi connectivity index (χ1v) is 6.96. The fourth-order valence-electron chi connectivity index (χ4n) is 1.66. The molecule has 0 saturated heterocycles. The zero-order chi connectivity index (χ0) is 14.4. The van der Waals surface area contributed by atoms with E-state index in [-0.39, 0.29) is 18.0 Å². The highest BCUT2D eigenvalue weighted by Gasteiger charge is 2.12. The summed E-state index contributed by atoms with van der Waals surface area (Å²) in [6, 6.07) is 9.74. The average Bonchev–Trinajstić information content (AvgIpc) is 2.96. The van der Waals surface area contributed by atoms with Crippen LogP contribution in [-0.4, -0.2) is 17.6 Å². The highest BCUT2D eigenvalue weighted by atomic mass is 32.1. The molecule has 0 aliphatic rings. The molecule has 1 aromatic heterocycles. The molecule has 1 heterocycles. The van der Waals surface area contributed by atoms with Gasteiger partial charge in [-0.3, -0.25) is 4.79 Å². The van der Waals surface area contributed by atoms with Crippen molar-refractivity contribution >= 4 is 23.3 Å². The highest BCUT2D eigenvalue weighted by molar-refractivity contribution is 7.10. The molecule has 1 aromatic carbocycles. The Kier molecular flexibility index (Phi) is 5.03. The van der Waals surface area contributed by atoms with E-state index in [0.29, 0.717) is 0 Å². The van der Waals surface area contributed by atoms with E-state index in [9.17, 15) is 14.3 Å². The lowest BCUT2D eigenvalue weighted by atomic mass is 10.1. The zero-order valence-corrected chi connectivity index (χ0v) is 11.4. The minimum Gasteiger partial charge on any atom is -0.386 e. The lowest BCUT2D eigenvalue weighted by Gasteiger charge is -2.11. The second-order valence-electron chi connectivity index (χ2n) is 4.13. The lowest BCUT2D eigenvalue weighted by molar-refractivity contribution is -0.116. The van der Waals surface area contributed by atoms with E-state index in [1.807, 2.05) is 17.5 Å². The van der Waals surface area contributed by atoms with Crippen LogP contribution in [0.2, 0.25) is 0 Å². The fraction of sp³-hybridized carbons (Fsp3) is 0.133. The molecule has 0 aliphatic heterocycles. The van der Waals surface area contributed by atoms with Crippen LogP contribution in [0, 0.1) is 5.82 Å². The van der Waals surface area contributed by atoms with Crippen molar-refractivity contribution in [3.63, 3.8) is 0 Å². The second-order valence-corrected chi connectivity index (χ2v) is 5.11. The Labute approximate surface area is 120 Å². The molecular formula is C15H14FNO2S. The van der Waals surface area contributed by atoms with Crippen molar-refractivity contribution in [2.24, 2.45) is 0 Å². The Morgan fingerprint density at radius 2 is 2.15 bits per heavy atom. The number of hydrogen-bond donors (Lipinski definition) is 2. The third-order valence-electron chi connectivity index (χ3n) is 2.68. The summed E-state index contributed by atoms with van der Waals surface area (Å²) in [5.74, 6) is -0.808. The highest BCUT2D eigenvalue weighted by Crippen LogP contribution is 2.15. The molecule has 0 aliphatic carbocycles. The van der Waals surface area contributed by atoms with Gasteiger partial charge in [-0.2, -0.15) is 0 Å². The summed E-state index contributed by atoms with van der Waals surface area (Å²) in [6.45, 7) is -0.0332. The van der Waals surface area contributed by atoms with Gasteiger partial charge in [0.25, 0.3) is 0 Å². The lowest BCUT2D eigenvalue weighted by Crippen LogP contribution is -2.27. The molecule has 2 rings (SSSR count). The minimum absolute atomic E-state index is 0.0332. The number of halogens is 1. The molecule has 5 heteroatoms. The number of benzene rings is 1. The number of nitrogens with one attached hydrogen (secondary N) is 1. The van der Waals surface area contributed by atoms with E-state index in [0.717, 1.165) is 4.88 Å². The predicted molar refractivity (Wildman–Crippen MR) is 77.7 cm³/mol. The maximum Gasteiger partial charge on any atom is 0.244 e. The summed E-state index contributed by atoms with van der Waals surface area (Å²) < 4.78 is 13.4. The van der Waals surface area contributed by atoms with E-state index >= 15 is 0 Å². The molecule has 1 atom stereocenters. The van der Waals surface area contributed by atoms with E-state index in [1.165, 1.54) is 29.5 Å². The number of carbonyl (C=O) groups is 1. The molecule has 0 fully saturated rings. The van der Waals surface area contributed by atoms with Crippen LogP contribution < -0.4 is 5.32 Å². The van der Waals surface area contributed by atoms with E-state index in [4.69, 9.17) is 0 Å². The van der Waals surface area contributed by atoms with Gasteiger partial charge < -0.3 is 10.4 Å². The molecule has 0 bridgehead atoms. The Morgan fingerprint density at radius 3 is 2.85 bits per heavy atom. The molecular weight excluding hydrogens is 277 g/mol. The number of rotatable bonds is 5. The number of aliphatic hydroxyl groups is 1. The summed E-state index contributed by atoms with van der Waals surface area (Å²) in [5, 5.41) is 14.3. The normalized spacial score (nSPS) is 12.5. The predicted octanol–water partition coefficient (Wildman–Crippen LogP) is 2.75. The van der Waals surface area contributed by atoms with Crippen LogP contribution in [0.5, 0.6) is 0 Å². The summed E-state index contributed by atoms with van der Waals surface area (Å²) in [5.41, 5.74) is 0.176. The molecule has 104 valence electrons. The first-order chi connectivity index (χ1) is 9.66. The third-order valence-corrected chi connectivity index (χ3v) is 3.51. The maximum atomic E-state index is 13.4. The van der Waals surface area contributed by atoms with Gasteiger partial charge in [0.1, 0.15) is 5.82 Å². The van der Waals surface area contributed by atoms with Crippen LogP contribution in [-0.2, 0) is 4.79 Å². The van der Waals surface area contributed by atoms with Gasteiger partial charge in [0.15, 0.2) is 0 Å². The van der Waals surface area contributed by atoms with Crippen molar-refractivity contribution in [3.05, 3.63) is 64.1 Å². The second kappa shape index (κ2) is 6.98. The zero-order valence-electron chi connectivity index (χ0n) is 10.6.